The van der Waals surface area contributed by atoms with Crippen LogP contribution in [0.15, 0.2) is 64.3 Å². The smallest absolute Gasteiger partial charge is 0.459 e. The molecule has 0 bridgehead atoms. The Balaban J connectivity index is 1.55. The number of rotatable bonds is 12. The van der Waals surface area contributed by atoms with Gasteiger partial charge < -0.3 is 19.1 Å². The van der Waals surface area contributed by atoms with Crippen LogP contribution in [0.25, 0.3) is 10.8 Å². The molecule has 2 heterocycles. The number of aromatic nitrogens is 2. The van der Waals surface area contributed by atoms with Crippen molar-refractivity contribution in [3.05, 3.63) is 75.6 Å². The fraction of sp³-hybridized carbons (Fsp3) is 0.444. The first-order valence-corrected chi connectivity index (χ1v) is 14.7. The fourth-order valence-electron chi connectivity index (χ4n) is 4.37. The summed E-state index contributed by atoms with van der Waals surface area (Å²) in [5.41, 5.74) is -1.26. The minimum absolute atomic E-state index is 0.224. The predicted octanol–water partition coefficient (Wildman–Crippen LogP) is 3.11. The van der Waals surface area contributed by atoms with Gasteiger partial charge in [0.05, 0.1) is 19.3 Å². The summed E-state index contributed by atoms with van der Waals surface area (Å²) in [6.45, 7) is 4.95. The zero-order valence-electron chi connectivity index (χ0n) is 22.5. The highest BCUT2D eigenvalue weighted by Crippen LogP contribution is 2.48. The lowest BCUT2D eigenvalue weighted by Gasteiger charge is -2.25. The quantitative estimate of drug-likeness (QED) is 0.166. The molecule has 0 saturated carbocycles. The fourth-order valence-corrected chi connectivity index (χ4v) is 5.89. The summed E-state index contributed by atoms with van der Waals surface area (Å²) in [6, 6.07) is 12.7. The van der Waals surface area contributed by atoms with E-state index in [9.17, 15) is 24.1 Å². The largest absolute Gasteiger partial charge is 0.465 e. The average Bonchev–Trinajstić information content (AvgIpc) is 3.21. The van der Waals surface area contributed by atoms with Gasteiger partial charge >= 0.3 is 19.4 Å². The first-order valence-electron chi connectivity index (χ1n) is 13.1. The minimum atomic E-state index is -4.26. The van der Waals surface area contributed by atoms with E-state index in [1.807, 2.05) is 31.2 Å². The lowest BCUT2D eigenvalue weighted by molar-refractivity contribution is -0.145. The van der Waals surface area contributed by atoms with E-state index >= 15 is 0 Å². The standard InChI is InChI=1S/C27H34N3O9P/c1-4-5-15-36-26(33)18(3)29-40(35,39-21-12-8-10-19-9-6-7-11-20(19)21)37-16-22-24(32)17(2)25(38-22)30-14-13-23(31)28-27(30)34/h6-14,17-18,22,24-25,32H,4-5,15-16H2,1-3H3,(H,29,35)(H,28,31,34). The van der Waals surface area contributed by atoms with Gasteiger partial charge in [0.1, 0.15) is 24.1 Å². The Hall–Kier alpha value is -3.28. The van der Waals surface area contributed by atoms with Crippen molar-refractivity contribution in [1.29, 1.82) is 0 Å². The molecule has 0 radical (unpaired) electrons. The van der Waals surface area contributed by atoms with Crippen LogP contribution in [-0.2, 0) is 23.4 Å². The molecule has 1 saturated heterocycles. The number of hydrogen-bond donors (Lipinski definition) is 3. The third kappa shape index (κ3) is 6.89. The van der Waals surface area contributed by atoms with Gasteiger partial charge in [-0.25, -0.2) is 9.36 Å². The van der Waals surface area contributed by atoms with Crippen molar-refractivity contribution in [3.63, 3.8) is 0 Å². The van der Waals surface area contributed by atoms with Crippen LogP contribution in [0, 0.1) is 5.92 Å². The summed E-state index contributed by atoms with van der Waals surface area (Å²) in [5.74, 6) is -0.933. The Morgan fingerprint density at radius 1 is 1.20 bits per heavy atom. The van der Waals surface area contributed by atoms with Gasteiger partial charge in [-0.2, -0.15) is 5.09 Å². The third-order valence-corrected chi connectivity index (χ3v) is 8.26. The number of hydrogen-bond acceptors (Lipinski definition) is 9. The van der Waals surface area contributed by atoms with Crippen LogP contribution >= 0.6 is 7.75 Å². The molecule has 0 spiro atoms. The molecular formula is C27H34N3O9P. The summed E-state index contributed by atoms with van der Waals surface area (Å²) in [5, 5.41) is 15.0. The molecule has 0 amide bonds. The molecule has 12 nitrogen and oxygen atoms in total. The third-order valence-electron chi connectivity index (χ3n) is 6.63. The highest BCUT2D eigenvalue weighted by molar-refractivity contribution is 7.52. The molecule has 1 fully saturated rings. The van der Waals surface area contributed by atoms with Gasteiger partial charge in [-0.1, -0.05) is 56.7 Å². The van der Waals surface area contributed by atoms with Crippen LogP contribution in [0.1, 0.15) is 39.8 Å². The van der Waals surface area contributed by atoms with Crippen molar-refractivity contribution >= 4 is 24.5 Å². The second-order valence-electron chi connectivity index (χ2n) is 9.67. The van der Waals surface area contributed by atoms with E-state index in [4.69, 9.17) is 18.5 Å². The molecule has 216 valence electrons. The van der Waals surface area contributed by atoms with E-state index in [0.717, 1.165) is 16.4 Å². The second-order valence-corrected chi connectivity index (χ2v) is 11.4. The number of nitrogens with one attached hydrogen (secondary N) is 2. The maximum Gasteiger partial charge on any atom is 0.459 e. The van der Waals surface area contributed by atoms with E-state index in [0.29, 0.717) is 11.8 Å². The predicted molar refractivity (Wildman–Crippen MR) is 147 cm³/mol. The minimum Gasteiger partial charge on any atom is -0.465 e. The molecule has 3 aromatic rings. The number of aliphatic hydroxyl groups is 1. The van der Waals surface area contributed by atoms with E-state index in [1.165, 1.54) is 19.2 Å². The van der Waals surface area contributed by atoms with Gasteiger partial charge in [0, 0.05) is 23.6 Å². The molecule has 6 unspecified atom stereocenters. The van der Waals surface area contributed by atoms with Crippen LogP contribution in [0.3, 0.4) is 0 Å². The number of fused-ring (bicyclic) bond motifs is 1. The van der Waals surface area contributed by atoms with Crippen molar-refractivity contribution in [1.82, 2.24) is 14.6 Å². The number of aliphatic hydroxyl groups excluding tert-OH is 1. The maximum atomic E-state index is 14.1. The van der Waals surface area contributed by atoms with Gasteiger partial charge in [0.2, 0.25) is 0 Å². The van der Waals surface area contributed by atoms with Crippen molar-refractivity contribution in [2.24, 2.45) is 5.92 Å². The molecule has 4 rings (SSSR count). The summed E-state index contributed by atoms with van der Waals surface area (Å²) < 4.78 is 38.0. The number of benzene rings is 2. The SMILES string of the molecule is CCCCOC(=O)C(C)NP(=O)(OCC1OC(n2ccc(=O)[nH]c2=O)C(C)C1O)Oc1cccc2ccccc12. The maximum absolute atomic E-state index is 14.1. The second kappa shape index (κ2) is 12.9. The molecular weight excluding hydrogens is 541 g/mol. The van der Waals surface area contributed by atoms with Crippen LogP contribution in [0.5, 0.6) is 5.75 Å². The van der Waals surface area contributed by atoms with E-state index < -0.39 is 62.0 Å². The van der Waals surface area contributed by atoms with Crippen LogP contribution in [-0.4, -0.2) is 52.1 Å². The van der Waals surface area contributed by atoms with Crippen LogP contribution < -0.4 is 20.9 Å². The summed E-state index contributed by atoms with van der Waals surface area (Å²) in [4.78, 5) is 38.4. The Morgan fingerprint density at radius 2 is 1.95 bits per heavy atom. The number of H-pyrrole nitrogens is 1. The van der Waals surface area contributed by atoms with Crippen molar-refractivity contribution in [3.8, 4) is 5.75 Å². The van der Waals surface area contributed by atoms with Gasteiger partial charge in [0.15, 0.2) is 0 Å². The molecule has 1 aliphatic rings. The van der Waals surface area contributed by atoms with Gasteiger partial charge in [-0.05, 0) is 24.8 Å². The van der Waals surface area contributed by atoms with E-state index in [2.05, 4.69) is 10.1 Å². The summed E-state index contributed by atoms with van der Waals surface area (Å²) >= 11 is 0. The van der Waals surface area contributed by atoms with Gasteiger partial charge in [-0.15, -0.1) is 0 Å². The summed E-state index contributed by atoms with van der Waals surface area (Å²) in [7, 11) is -4.26. The monoisotopic (exact) mass is 575 g/mol. The molecule has 2 aromatic carbocycles. The number of nitrogens with zero attached hydrogens (tertiary/aromatic N) is 1. The zero-order chi connectivity index (χ0) is 28.9. The lowest BCUT2D eigenvalue weighted by Crippen LogP contribution is -2.36. The van der Waals surface area contributed by atoms with Gasteiger partial charge in [0.25, 0.3) is 5.56 Å². The Labute approximate surface area is 230 Å². The number of carbonyl (C=O) groups is 1. The highest BCUT2D eigenvalue weighted by Gasteiger charge is 2.44. The average molecular weight is 576 g/mol. The summed E-state index contributed by atoms with van der Waals surface area (Å²) in [6.07, 6.45) is -0.210. The molecule has 13 heteroatoms. The normalized spacial score (nSPS) is 23.0. The van der Waals surface area contributed by atoms with Crippen LogP contribution in [0.4, 0.5) is 0 Å². The van der Waals surface area contributed by atoms with E-state index in [1.54, 1.807) is 25.1 Å². The Kier molecular flexibility index (Phi) is 9.60. The Bertz CT molecular complexity index is 1480. The molecule has 3 N–H and O–H groups in total. The molecule has 6 atom stereocenters. The zero-order valence-corrected chi connectivity index (χ0v) is 23.4. The number of ether oxygens (including phenoxy) is 2. The number of unbranched alkanes of at least 4 members (excludes halogenated alkanes) is 1. The van der Waals surface area contributed by atoms with Crippen molar-refractivity contribution < 1.29 is 33.0 Å². The highest BCUT2D eigenvalue weighted by atomic mass is 31.2. The number of carbonyl (C=O) groups excluding carboxylic acids is 1. The topological polar surface area (TPSA) is 158 Å². The number of aromatic amines is 1. The molecule has 0 aliphatic carbocycles. The van der Waals surface area contributed by atoms with Crippen LogP contribution in [0.2, 0.25) is 0 Å². The van der Waals surface area contributed by atoms with E-state index in [-0.39, 0.29) is 12.4 Å². The van der Waals surface area contributed by atoms with Crippen molar-refractivity contribution in [2.75, 3.05) is 13.2 Å². The Morgan fingerprint density at radius 3 is 2.70 bits per heavy atom. The van der Waals surface area contributed by atoms with Gasteiger partial charge in [-0.3, -0.25) is 23.7 Å². The molecule has 40 heavy (non-hydrogen) atoms. The van der Waals surface area contributed by atoms with Crippen molar-refractivity contribution in [2.45, 2.75) is 58.1 Å². The lowest BCUT2D eigenvalue weighted by atomic mass is 10.0. The number of esters is 1. The first-order chi connectivity index (χ1) is 19.1. The molecule has 1 aliphatic heterocycles. The molecule has 1 aromatic heterocycles. The first kappa shape index (κ1) is 29.7.